The van der Waals surface area contributed by atoms with Crippen LogP contribution in [0.3, 0.4) is 0 Å². The van der Waals surface area contributed by atoms with E-state index in [0.717, 1.165) is 0 Å². The lowest BCUT2D eigenvalue weighted by molar-refractivity contribution is -0.127. The fourth-order valence-electron chi connectivity index (χ4n) is 1.84. The van der Waals surface area contributed by atoms with Gasteiger partial charge in [0.05, 0.1) is 12.7 Å². The fourth-order valence-corrected chi connectivity index (χ4v) is 1.84. The average Bonchev–Trinajstić information content (AvgIpc) is 2.81. The summed E-state index contributed by atoms with van der Waals surface area (Å²) in [6.45, 7) is 3.58. The summed E-state index contributed by atoms with van der Waals surface area (Å²) >= 11 is 0. The number of amides is 2. The van der Waals surface area contributed by atoms with Gasteiger partial charge in [-0.2, -0.15) is 0 Å². The number of nitrogens with two attached hydrogens (primary N) is 1. The minimum atomic E-state index is -0.481. The molecule has 3 N–H and O–H groups in total. The second-order valence-electron chi connectivity index (χ2n) is 4.12. The number of carbonyl (C=O) groups excluding carboxylic acids is 2. The third-order valence-corrected chi connectivity index (χ3v) is 2.88. The summed E-state index contributed by atoms with van der Waals surface area (Å²) in [6, 6.07) is -0.481. The van der Waals surface area contributed by atoms with Gasteiger partial charge >= 0.3 is 0 Å². The molecule has 1 aliphatic rings. The Morgan fingerprint density at radius 1 is 1.67 bits per heavy atom. The second kappa shape index (κ2) is 5.13. The molecule has 8 nitrogen and oxygen atoms in total. The van der Waals surface area contributed by atoms with Crippen molar-refractivity contribution in [2.45, 2.75) is 19.5 Å². The predicted octanol–water partition coefficient (Wildman–Crippen LogP) is -1.80. The van der Waals surface area contributed by atoms with Crippen molar-refractivity contribution in [2.24, 2.45) is 5.73 Å². The Labute approximate surface area is 104 Å². The van der Waals surface area contributed by atoms with E-state index in [0.29, 0.717) is 26.2 Å². The first-order chi connectivity index (χ1) is 8.63. The number of rotatable bonds is 3. The molecule has 0 bridgehead atoms. The van der Waals surface area contributed by atoms with Crippen LogP contribution in [0.2, 0.25) is 0 Å². The van der Waals surface area contributed by atoms with Crippen LogP contribution in [0.1, 0.15) is 17.4 Å². The first-order valence-corrected chi connectivity index (χ1v) is 5.82. The lowest BCUT2D eigenvalue weighted by Crippen LogP contribution is -2.55. The molecule has 1 fully saturated rings. The van der Waals surface area contributed by atoms with Gasteiger partial charge in [0.1, 0.15) is 6.04 Å². The van der Waals surface area contributed by atoms with Crippen molar-refractivity contribution in [3.63, 3.8) is 0 Å². The minimum absolute atomic E-state index is 0.149. The van der Waals surface area contributed by atoms with E-state index in [-0.39, 0.29) is 17.5 Å². The monoisotopic (exact) mass is 252 g/mol. The Morgan fingerprint density at radius 2 is 2.44 bits per heavy atom. The van der Waals surface area contributed by atoms with Gasteiger partial charge in [-0.15, -0.1) is 5.10 Å². The van der Waals surface area contributed by atoms with E-state index in [9.17, 15) is 9.59 Å². The molecule has 0 spiro atoms. The van der Waals surface area contributed by atoms with E-state index in [2.05, 4.69) is 15.6 Å². The summed E-state index contributed by atoms with van der Waals surface area (Å²) < 4.78 is 1.52. The quantitative estimate of drug-likeness (QED) is 0.660. The standard InChI is InChI=1S/C10H16N6O2/c1-7-9(17)12-3-5-16(7)10(18)8-6-15(4-2-11)14-13-8/h6-7H,2-5,11H2,1H3,(H,12,17). The smallest absolute Gasteiger partial charge is 0.276 e. The first-order valence-electron chi connectivity index (χ1n) is 5.82. The molecule has 18 heavy (non-hydrogen) atoms. The first kappa shape index (κ1) is 12.5. The van der Waals surface area contributed by atoms with Gasteiger partial charge in [0.25, 0.3) is 5.91 Å². The molecule has 1 saturated heterocycles. The minimum Gasteiger partial charge on any atom is -0.353 e. The highest BCUT2D eigenvalue weighted by atomic mass is 16.2. The number of nitrogens with zero attached hydrogens (tertiary/aromatic N) is 4. The molecule has 0 saturated carbocycles. The second-order valence-corrected chi connectivity index (χ2v) is 4.12. The van der Waals surface area contributed by atoms with Crippen molar-refractivity contribution < 1.29 is 9.59 Å². The van der Waals surface area contributed by atoms with Crippen molar-refractivity contribution in [1.29, 1.82) is 0 Å². The number of piperazine rings is 1. The zero-order chi connectivity index (χ0) is 13.1. The topological polar surface area (TPSA) is 106 Å². The molecule has 0 aromatic carbocycles. The zero-order valence-corrected chi connectivity index (χ0v) is 10.2. The molecule has 8 heteroatoms. The Bertz CT molecular complexity index is 457. The summed E-state index contributed by atoms with van der Waals surface area (Å²) in [7, 11) is 0. The van der Waals surface area contributed by atoms with Gasteiger partial charge in [0.2, 0.25) is 5.91 Å². The van der Waals surface area contributed by atoms with Gasteiger partial charge in [-0.3, -0.25) is 14.3 Å². The van der Waals surface area contributed by atoms with Gasteiger partial charge in [-0.25, -0.2) is 0 Å². The number of nitrogens with one attached hydrogen (secondary N) is 1. The molecule has 1 unspecified atom stereocenters. The number of aromatic nitrogens is 3. The Balaban J connectivity index is 2.12. The van der Waals surface area contributed by atoms with Gasteiger partial charge in [0, 0.05) is 19.6 Å². The normalized spacial score (nSPS) is 19.8. The van der Waals surface area contributed by atoms with Gasteiger partial charge in [-0.1, -0.05) is 5.21 Å². The van der Waals surface area contributed by atoms with Crippen LogP contribution >= 0.6 is 0 Å². The molecule has 1 aliphatic heterocycles. The maximum atomic E-state index is 12.2. The van der Waals surface area contributed by atoms with Crippen LogP contribution in [0, 0.1) is 0 Å². The van der Waals surface area contributed by atoms with Crippen molar-refractivity contribution in [3.05, 3.63) is 11.9 Å². The summed E-state index contributed by atoms with van der Waals surface area (Å²) in [5.74, 6) is -0.426. The summed E-state index contributed by atoms with van der Waals surface area (Å²) in [5.41, 5.74) is 5.63. The molecule has 2 amide bonds. The summed E-state index contributed by atoms with van der Waals surface area (Å²) in [4.78, 5) is 25.2. The molecular formula is C10H16N6O2. The SMILES string of the molecule is CC1C(=O)NCCN1C(=O)c1cn(CCN)nn1. The Kier molecular flexibility index (Phi) is 3.56. The maximum Gasteiger partial charge on any atom is 0.276 e. The number of hydrogen-bond acceptors (Lipinski definition) is 5. The third-order valence-electron chi connectivity index (χ3n) is 2.88. The van der Waals surface area contributed by atoms with E-state index in [1.807, 2.05) is 0 Å². The van der Waals surface area contributed by atoms with Crippen LogP contribution in [0.4, 0.5) is 0 Å². The van der Waals surface area contributed by atoms with Crippen LogP contribution in [-0.4, -0.2) is 57.4 Å². The average molecular weight is 252 g/mol. The van der Waals surface area contributed by atoms with Gasteiger partial charge in [0.15, 0.2) is 5.69 Å². The molecule has 98 valence electrons. The molecule has 0 radical (unpaired) electrons. The molecule has 2 heterocycles. The largest absolute Gasteiger partial charge is 0.353 e. The molecular weight excluding hydrogens is 236 g/mol. The van der Waals surface area contributed by atoms with Gasteiger partial charge in [-0.05, 0) is 6.92 Å². The highest BCUT2D eigenvalue weighted by Gasteiger charge is 2.31. The molecule has 2 rings (SSSR count). The van der Waals surface area contributed by atoms with Crippen LogP contribution in [-0.2, 0) is 11.3 Å². The molecule has 1 aromatic heterocycles. The van der Waals surface area contributed by atoms with Crippen molar-refractivity contribution >= 4 is 11.8 Å². The van der Waals surface area contributed by atoms with E-state index >= 15 is 0 Å². The number of carbonyl (C=O) groups is 2. The van der Waals surface area contributed by atoms with Crippen LogP contribution in [0.25, 0.3) is 0 Å². The number of hydrogen-bond donors (Lipinski definition) is 2. The van der Waals surface area contributed by atoms with E-state index in [1.165, 1.54) is 9.58 Å². The Morgan fingerprint density at radius 3 is 3.17 bits per heavy atom. The van der Waals surface area contributed by atoms with E-state index in [1.54, 1.807) is 13.1 Å². The maximum absolute atomic E-state index is 12.2. The summed E-state index contributed by atoms with van der Waals surface area (Å²) in [5, 5.41) is 10.3. The highest BCUT2D eigenvalue weighted by Crippen LogP contribution is 2.08. The lowest BCUT2D eigenvalue weighted by Gasteiger charge is -2.32. The molecule has 0 aliphatic carbocycles. The van der Waals surface area contributed by atoms with Crippen molar-refractivity contribution in [3.8, 4) is 0 Å². The van der Waals surface area contributed by atoms with Gasteiger partial charge < -0.3 is 16.0 Å². The summed E-state index contributed by atoms with van der Waals surface area (Å²) in [6.07, 6.45) is 1.55. The van der Waals surface area contributed by atoms with Crippen LogP contribution in [0.15, 0.2) is 6.20 Å². The highest BCUT2D eigenvalue weighted by molar-refractivity contribution is 5.96. The lowest BCUT2D eigenvalue weighted by atomic mass is 10.2. The van der Waals surface area contributed by atoms with Crippen LogP contribution in [0.5, 0.6) is 0 Å². The fraction of sp³-hybridized carbons (Fsp3) is 0.600. The third kappa shape index (κ3) is 2.33. The zero-order valence-electron chi connectivity index (χ0n) is 10.2. The van der Waals surface area contributed by atoms with Crippen LogP contribution < -0.4 is 11.1 Å². The Hall–Kier alpha value is -1.96. The predicted molar refractivity (Wildman–Crippen MR) is 62.6 cm³/mol. The van der Waals surface area contributed by atoms with Crippen molar-refractivity contribution in [1.82, 2.24) is 25.2 Å². The molecule has 1 aromatic rings. The molecule has 1 atom stereocenters. The van der Waals surface area contributed by atoms with E-state index < -0.39 is 6.04 Å². The van der Waals surface area contributed by atoms with E-state index in [4.69, 9.17) is 5.73 Å². The van der Waals surface area contributed by atoms with Crippen molar-refractivity contribution in [2.75, 3.05) is 19.6 Å².